The van der Waals surface area contributed by atoms with Crippen molar-refractivity contribution in [1.82, 2.24) is 9.97 Å². The average molecular weight is 172 g/mol. The molecule has 3 nitrogen and oxygen atoms in total. The number of hydrogen-bond donors (Lipinski definition) is 0. The van der Waals surface area contributed by atoms with E-state index in [4.69, 9.17) is 0 Å². The molecule has 1 aromatic carbocycles. The molecule has 0 aliphatic carbocycles. The van der Waals surface area contributed by atoms with Crippen LogP contribution in [0.4, 0.5) is 5.95 Å². The van der Waals surface area contributed by atoms with Crippen LogP contribution in [0.15, 0.2) is 24.4 Å². The van der Waals surface area contributed by atoms with Gasteiger partial charge >= 0.3 is 0 Å². The molecule has 0 atom stereocenters. The number of benzene rings is 1. The fourth-order valence-electron chi connectivity index (χ4n) is 1.12. The summed E-state index contributed by atoms with van der Waals surface area (Å²) >= 11 is 0. The van der Waals surface area contributed by atoms with Crippen molar-refractivity contribution in [2.45, 2.75) is 0 Å². The number of aromatic nitrogens is 2. The van der Waals surface area contributed by atoms with Crippen LogP contribution in [0.5, 0.6) is 0 Å². The molecule has 13 heavy (non-hydrogen) atoms. The highest BCUT2D eigenvalue weighted by atomic mass is 15.2. The number of rotatable bonds is 1. The maximum atomic E-state index is 4.37. The molecular weight excluding hydrogens is 162 g/mol. The van der Waals surface area contributed by atoms with Gasteiger partial charge in [0.2, 0.25) is 5.95 Å². The van der Waals surface area contributed by atoms with Gasteiger partial charge in [-0.1, -0.05) is 6.07 Å². The maximum Gasteiger partial charge on any atom is 0.225 e. The van der Waals surface area contributed by atoms with E-state index in [0.29, 0.717) is 0 Å². The van der Waals surface area contributed by atoms with E-state index < -0.39 is 0 Å². The van der Waals surface area contributed by atoms with Crippen molar-refractivity contribution in [3.63, 3.8) is 0 Å². The van der Waals surface area contributed by atoms with Crippen molar-refractivity contribution in [3.8, 4) is 0 Å². The van der Waals surface area contributed by atoms with E-state index in [0.717, 1.165) is 16.9 Å². The Morgan fingerprint density at radius 2 is 2.23 bits per heavy atom. The first-order valence-electron chi connectivity index (χ1n) is 4.07. The third-order valence-corrected chi connectivity index (χ3v) is 1.81. The molecule has 1 radical (unpaired) electrons. The summed E-state index contributed by atoms with van der Waals surface area (Å²) in [6, 6.07) is 8.66. The minimum absolute atomic E-state index is 0.735. The van der Waals surface area contributed by atoms with Crippen molar-refractivity contribution in [2.24, 2.45) is 0 Å². The van der Waals surface area contributed by atoms with Crippen LogP contribution in [0.2, 0.25) is 0 Å². The zero-order valence-electron chi connectivity index (χ0n) is 7.65. The van der Waals surface area contributed by atoms with Crippen molar-refractivity contribution < 1.29 is 0 Å². The van der Waals surface area contributed by atoms with Gasteiger partial charge in [-0.05, 0) is 18.2 Å². The summed E-state index contributed by atoms with van der Waals surface area (Å²) in [4.78, 5) is 10.5. The van der Waals surface area contributed by atoms with Gasteiger partial charge in [0.05, 0.1) is 5.52 Å². The van der Waals surface area contributed by atoms with E-state index in [1.807, 2.05) is 43.4 Å². The third-order valence-electron chi connectivity index (χ3n) is 1.81. The Labute approximate surface area is 77.0 Å². The molecule has 0 bridgehead atoms. The number of anilines is 1. The van der Waals surface area contributed by atoms with Gasteiger partial charge in [-0.3, -0.25) is 0 Å². The van der Waals surface area contributed by atoms with E-state index in [1.165, 1.54) is 0 Å². The zero-order valence-corrected chi connectivity index (χ0v) is 7.65. The second-order valence-electron chi connectivity index (χ2n) is 3.05. The molecule has 0 unspecified atom stereocenters. The molecule has 0 aliphatic rings. The average Bonchev–Trinajstić information content (AvgIpc) is 2.17. The van der Waals surface area contributed by atoms with Gasteiger partial charge < -0.3 is 4.90 Å². The van der Waals surface area contributed by atoms with Crippen LogP contribution in [-0.4, -0.2) is 24.1 Å². The monoisotopic (exact) mass is 172 g/mol. The van der Waals surface area contributed by atoms with Gasteiger partial charge in [-0.15, -0.1) is 0 Å². The molecule has 1 aromatic heterocycles. The van der Waals surface area contributed by atoms with Gasteiger partial charge in [0.15, 0.2) is 0 Å². The summed E-state index contributed by atoms with van der Waals surface area (Å²) in [5, 5.41) is 1.02. The highest BCUT2D eigenvalue weighted by Crippen LogP contribution is 2.12. The van der Waals surface area contributed by atoms with Crippen molar-refractivity contribution in [1.29, 1.82) is 0 Å². The summed E-state index contributed by atoms with van der Waals surface area (Å²) in [7, 11) is 3.85. The molecule has 0 saturated carbocycles. The quantitative estimate of drug-likeness (QED) is 0.652. The summed E-state index contributed by atoms with van der Waals surface area (Å²) in [6.45, 7) is 0. The standard InChI is InChI=1S/C10H10N3/c1-13(2)10-11-7-8-5-3-4-6-9(8)12-10/h4-7H,1-2H3. The predicted octanol–water partition coefficient (Wildman–Crippen LogP) is 1.50. The van der Waals surface area contributed by atoms with Crippen molar-refractivity contribution in [3.05, 3.63) is 30.5 Å². The summed E-state index contributed by atoms with van der Waals surface area (Å²) < 4.78 is 0. The lowest BCUT2D eigenvalue weighted by atomic mass is 10.2. The molecule has 0 spiro atoms. The SMILES string of the molecule is CN(C)c1ncc2c[c]ccc2n1. The molecule has 65 valence electrons. The maximum absolute atomic E-state index is 4.37. The van der Waals surface area contributed by atoms with E-state index >= 15 is 0 Å². The van der Waals surface area contributed by atoms with Gasteiger partial charge in [0.25, 0.3) is 0 Å². The Morgan fingerprint density at radius 3 is 3.00 bits per heavy atom. The molecule has 1 heterocycles. The molecule has 0 amide bonds. The molecule has 2 rings (SSSR count). The first-order chi connectivity index (χ1) is 6.27. The first kappa shape index (κ1) is 7.98. The number of hydrogen-bond acceptors (Lipinski definition) is 3. The van der Waals surface area contributed by atoms with Crippen LogP contribution in [0.1, 0.15) is 0 Å². The molecule has 0 saturated heterocycles. The Kier molecular flexibility index (Phi) is 1.85. The smallest absolute Gasteiger partial charge is 0.225 e. The van der Waals surface area contributed by atoms with Crippen LogP contribution in [-0.2, 0) is 0 Å². The van der Waals surface area contributed by atoms with Crippen LogP contribution in [0.3, 0.4) is 0 Å². The van der Waals surface area contributed by atoms with Gasteiger partial charge in [-0.2, -0.15) is 0 Å². The van der Waals surface area contributed by atoms with Crippen LogP contribution >= 0.6 is 0 Å². The topological polar surface area (TPSA) is 29.0 Å². The van der Waals surface area contributed by atoms with Crippen LogP contribution in [0, 0.1) is 6.07 Å². The molecular formula is C10H10N3. The third kappa shape index (κ3) is 1.45. The largest absolute Gasteiger partial charge is 0.347 e. The van der Waals surface area contributed by atoms with Gasteiger partial charge in [0.1, 0.15) is 0 Å². The highest BCUT2D eigenvalue weighted by Gasteiger charge is 1.99. The summed E-state index contributed by atoms with van der Waals surface area (Å²) in [6.07, 6.45) is 1.81. The Bertz CT molecular complexity index is 423. The van der Waals surface area contributed by atoms with E-state index in [9.17, 15) is 0 Å². The minimum Gasteiger partial charge on any atom is -0.347 e. The Morgan fingerprint density at radius 1 is 1.38 bits per heavy atom. The second kappa shape index (κ2) is 3.01. The fraction of sp³-hybridized carbons (Fsp3) is 0.200. The molecule has 2 aromatic rings. The zero-order chi connectivity index (χ0) is 9.26. The minimum atomic E-state index is 0.735. The lowest BCUT2D eigenvalue weighted by molar-refractivity contribution is 1.02. The molecule has 3 heteroatoms. The summed E-state index contributed by atoms with van der Waals surface area (Å²) in [5.41, 5.74) is 0.956. The molecule has 0 aliphatic heterocycles. The second-order valence-corrected chi connectivity index (χ2v) is 3.05. The van der Waals surface area contributed by atoms with E-state index in [2.05, 4.69) is 16.0 Å². The lowest BCUT2D eigenvalue weighted by Crippen LogP contribution is -2.12. The van der Waals surface area contributed by atoms with Gasteiger partial charge in [0, 0.05) is 25.7 Å². The Hall–Kier alpha value is -1.64. The summed E-state index contributed by atoms with van der Waals surface area (Å²) in [5.74, 6) is 0.735. The highest BCUT2D eigenvalue weighted by molar-refractivity contribution is 5.78. The van der Waals surface area contributed by atoms with Gasteiger partial charge in [-0.25, -0.2) is 9.97 Å². The van der Waals surface area contributed by atoms with Crippen molar-refractivity contribution >= 4 is 16.9 Å². The Balaban J connectivity index is 2.62. The predicted molar refractivity (Wildman–Crippen MR) is 52.7 cm³/mol. The number of nitrogens with zero attached hydrogens (tertiary/aromatic N) is 3. The normalized spacial score (nSPS) is 10.3. The lowest BCUT2D eigenvalue weighted by Gasteiger charge is -2.09. The van der Waals surface area contributed by atoms with E-state index in [1.54, 1.807) is 0 Å². The van der Waals surface area contributed by atoms with Crippen LogP contribution in [0.25, 0.3) is 10.9 Å². The fourth-order valence-corrected chi connectivity index (χ4v) is 1.12. The number of fused-ring (bicyclic) bond motifs is 1. The van der Waals surface area contributed by atoms with Crippen molar-refractivity contribution in [2.75, 3.05) is 19.0 Å². The van der Waals surface area contributed by atoms with E-state index in [-0.39, 0.29) is 0 Å². The first-order valence-corrected chi connectivity index (χ1v) is 4.07. The van der Waals surface area contributed by atoms with Crippen LogP contribution < -0.4 is 4.90 Å². The molecule has 0 fully saturated rings. The molecule has 0 N–H and O–H groups in total.